The minimum atomic E-state index is -4.70. The van der Waals surface area contributed by atoms with Crippen molar-refractivity contribution in [1.82, 2.24) is 9.97 Å². The molecule has 7 nitrogen and oxygen atoms in total. The molecule has 0 aliphatic carbocycles. The molecule has 4 aromatic rings. The van der Waals surface area contributed by atoms with Crippen LogP contribution < -0.4 is 10.6 Å². The first-order valence-electron chi connectivity index (χ1n) is 11.8. The quantitative estimate of drug-likeness (QED) is 0.238. The van der Waals surface area contributed by atoms with Gasteiger partial charge in [0.05, 0.1) is 22.2 Å². The van der Waals surface area contributed by atoms with Gasteiger partial charge in [-0.15, -0.1) is 12.4 Å². The maximum absolute atomic E-state index is 13.4. The van der Waals surface area contributed by atoms with Crippen molar-refractivity contribution in [2.24, 2.45) is 0 Å². The number of alkyl halides is 3. The molecule has 0 saturated heterocycles. The Labute approximate surface area is 229 Å². The highest BCUT2D eigenvalue weighted by Crippen LogP contribution is 2.33. The van der Waals surface area contributed by atoms with Crippen molar-refractivity contribution in [1.29, 1.82) is 0 Å². The number of anilines is 2. The van der Waals surface area contributed by atoms with Gasteiger partial charge in [0.15, 0.2) is 0 Å². The maximum Gasteiger partial charge on any atom is 0.417 e. The molecule has 0 aliphatic heterocycles. The Morgan fingerprint density at radius 2 is 1.51 bits per heavy atom. The average molecular weight is 561 g/mol. The number of halogens is 4. The van der Waals surface area contributed by atoms with Crippen LogP contribution in [0.3, 0.4) is 0 Å². The van der Waals surface area contributed by atoms with Gasteiger partial charge >= 0.3 is 6.18 Å². The molecule has 0 spiro atoms. The lowest BCUT2D eigenvalue weighted by atomic mass is 9.87. The fraction of sp³-hybridized carbons (Fsp3) is 0.250. The van der Waals surface area contributed by atoms with Crippen molar-refractivity contribution in [3.63, 3.8) is 0 Å². The number of aromatic amines is 1. The van der Waals surface area contributed by atoms with Crippen molar-refractivity contribution >= 4 is 46.6 Å². The van der Waals surface area contributed by atoms with E-state index in [0.29, 0.717) is 22.5 Å². The molecule has 4 rings (SSSR count). The summed E-state index contributed by atoms with van der Waals surface area (Å²) in [6, 6.07) is 14.8. The predicted octanol–water partition coefficient (Wildman–Crippen LogP) is 6.95. The number of hydrogen-bond donors (Lipinski definition) is 3. The minimum absolute atomic E-state index is 0. The van der Waals surface area contributed by atoms with Gasteiger partial charge in [-0.3, -0.25) is 9.59 Å². The summed E-state index contributed by atoms with van der Waals surface area (Å²) < 4.78 is 45.4. The summed E-state index contributed by atoms with van der Waals surface area (Å²) in [5.74, 6) is -1.02. The largest absolute Gasteiger partial charge is 0.417 e. The van der Waals surface area contributed by atoms with Crippen LogP contribution in [0, 0.1) is 0 Å². The molecule has 0 bridgehead atoms. The first-order chi connectivity index (χ1) is 17.9. The van der Waals surface area contributed by atoms with Crippen molar-refractivity contribution in [2.75, 3.05) is 17.7 Å². The summed E-state index contributed by atoms with van der Waals surface area (Å²) in [5.41, 5.74) is 0.991. The Morgan fingerprint density at radius 1 is 0.897 bits per heavy atom. The van der Waals surface area contributed by atoms with Crippen LogP contribution in [0.4, 0.5) is 24.5 Å². The van der Waals surface area contributed by atoms with Gasteiger partial charge in [0, 0.05) is 18.5 Å². The number of carbonyl (C=O) groups excluding carboxylic acids is 2. The highest BCUT2D eigenvalue weighted by atomic mass is 35.5. The van der Waals surface area contributed by atoms with Crippen LogP contribution in [-0.4, -0.2) is 28.9 Å². The van der Waals surface area contributed by atoms with Gasteiger partial charge in [-0.25, -0.2) is 4.98 Å². The van der Waals surface area contributed by atoms with Crippen molar-refractivity contribution in [3.05, 3.63) is 88.7 Å². The van der Waals surface area contributed by atoms with Crippen LogP contribution in [0.2, 0.25) is 0 Å². The van der Waals surface area contributed by atoms with Gasteiger partial charge < -0.3 is 20.4 Å². The van der Waals surface area contributed by atoms with Gasteiger partial charge in [0.1, 0.15) is 17.9 Å². The second kappa shape index (κ2) is 11.5. The molecular formula is C28H28ClF3N4O3. The topological polar surface area (TPSA) is 96.1 Å². The SMILES string of the molecule is COCc1nc2c(C(=O)Nc3ccc(C(C)(C)C)cc3)cc(NC(=O)c3ccccc3C(F)(F)F)cc2[nH]1.Cl. The lowest BCUT2D eigenvalue weighted by Gasteiger charge is -2.19. The van der Waals surface area contributed by atoms with Crippen molar-refractivity contribution in [2.45, 2.75) is 39.0 Å². The van der Waals surface area contributed by atoms with E-state index >= 15 is 0 Å². The normalized spacial score (nSPS) is 11.7. The summed E-state index contributed by atoms with van der Waals surface area (Å²) in [5, 5.41) is 5.32. The van der Waals surface area contributed by atoms with Gasteiger partial charge in [0.2, 0.25) is 0 Å². The van der Waals surface area contributed by atoms with Crippen LogP contribution in [0.5, 0.6) is 0 Å². The Morgan fingerprint density at radius 3 is 2.13 bits per heavy atom. The number of imidazole rings is 1. The number of methoxy groups -OCH3 is 1. The molecule has 0 radical (unpaired) electrons. The molecule has 206 valence electrons. The van der Waals surface area contributed by atoms with Gasteiger partial charge in [-0.05, 0) is 47.4 Å². The third-order valence-electron chi connectivity index (χ3n) is 5.91. The maximum atomic E-state index is 13.4. The van der Waals surface area contributed by atoms with Crippen molar-refractivity contribution < 1.29 is 27.5 Å². The summed E-state index contributed by atoms with van der Waals surface area (Å²) in [6.45, 7) is 6.39. The lowest BCUT2D eigenvalue weighted by molar-refractivity contribution is -0.137. The first-order valence-corrected chi connectivity index (χ1v) is 11.8. The van der Waals surface area contributed by atoms with Gasteiger partial charge in [0.25, 0.3) is 11.8 Å². The van der Waals surface area contributed by atoms with Crippen LogP contribution in [0.1, 0.15) is 58.4 Å². The smallest absolute Gasteiger partial charge is 0.377 e. The molecule has 0 unspecified atom stereocenters. The van der Waals surface area contributed by atoms with E-state index in [9.17, 15) is 22.8 Å². The Bertz CT molecular complexity index is 1490. The van der Waals surface area contributed by atoms with Gasteiger partial charge in [-0.1, -0.05) is 45.0 Å². The molecule has 1 aromatic heterocycles. The van der Waals surface area contributed by atoms with E-state index in [-0.39, 0.29) is 35.7 Å². The highest BCUT2D eigenvalue weighted by Gasteiger charge is 2.35. The fourth-order valence-electron chi connectivity index (χ4n) is 4.00. The molecule has 0 saturated carbocycles. The standard InChI is InChI=1S/C28H27F3N4O3.ClH/c1-27(2,3)16-9-11-17(12-10-16)32-26(37)20-13-18(14-22-24(20)35-23(34-22)15-38-4)33-25(36)19-7-5-6-8-21(19)28(29,30)31;/h5-14H,15H2,1-4H3,(H,32,37)(H,33,36)(H,34,35);1H. The summed E-state index contributed by atoms with van der Waals surface area (Å²) in [4.78, 5) is 33.6. The zero-order chi connectivity index (χ0) is 27.7. The number of hydrogen-bond acceptors (Lipinski definition) is 4. The molecule has 3 aromatic carbocycles. The van der Waals surface area contributed by atoms with Crippen LogP contribution >= 0.6 is 12.4 Å². The van der Waals surface area contributed by atoms with Crippen LogP contribution in [-0.2, 0) is 22.9 Å². The number of carbonyl (C=O) groups is 2. The minimum Gasteiger partial charge on any atom is -0.377 e. The molecule has 11 heteroatoms. The number of rotatable bonds is 6. The number of aromatic nitrogens is 2. The summed E-state index contributed by atoms with van der Waals surface area (Å²) >= 11 is 0. The third-order valence-corrected chi connectivity index (χ3v) is 5.91. The van der Waals surface area contributed by atoms with E-state index in [1.807, 2.05) is 12.1 Å². The zero-order valence-corrected chi connectivity index (χ0v) is 22.5. The summed E-state index contributed by atoms with van der Waals surface area (Å²) in [7, 11) is 1.49. The van der Waals surface area contributed by atoms with Crippen LogP contribution in [0.15, 0.2) is 60.7 Å². The number of benzene rings is 3. The highest BCUT2D eigenvalue weighted by molar-refractivity contribution is 6.14. The average Bonchev–Trinajstić information content (AvgIpc) is 3.25. The number of amides is 2. The lowest BCUT2D eigenvalue weighted by Crippen LogP contribution is -2.19. The fourth-order valence-corrected chi connectivity index (χ4v) is 4.00. The number of nitrogens with zero attached hydrogens (tertiary/aromatic N) is 1. The van der Waals surface area contributed by atoms with E-state index in [1.165, 1.54) is 31.4 Å². The summed E-state index contributed by atoms with van der Waals surface area (Å²) in [6.07, 6.45) is -4.70. The van der Waals surface area contributed by atoms with Gasteiger partial charge in [-0.2, -0.15) is 13.2 Å². The predicted molar refractivity (Wildman–Crippen MR) is 147 cm³/mol. The van der Waals surface area contributed by atoms with E-state index in [2.05, 4.69) is 41.4 Å². The number of H-pyrrole nitrogens is 1. The number of fused-ring (bicyclic) bond motifs is 1. The molecule has 39 heavy (non-hydrogen) atoms. The van der Waals surface area contributed by atoms with Crippen molar-refractivity contribution in [3.8, 4) is 0 Å². The zero-order valence-electron chi connectivity index (χ0n) is 21.7. The second-order valence-electron chi connectivity index (χ2n) is 9.82. The number of ether oxygens (including phenoxy) is 1. The number of nitrogens with one attached hydrogen (secondary N) is 3. The Kier molecular flexibility index (Phi) is 8.72. The van der Waals surface area contributed by atoms with E-state index in [0.717, 1.165) is 17.7 Å². The Hall–Kier alpha value is -3.89. The molecular weight excluding hydrogens is 533 g/mol. The Balaban J connectivity index is 0.00000420. The molecule has 0 fully saturated rings. The molecule has 0 atom stereocenters. The molecule has 2 amide bonds. The van der Waals surface area contributed by atoms with E-state index < -0.39 is 29.1 Å². The second-order valence-corrected chi connectivity index (χ2v) is 9.82. The molecule has 0 aliphatic rings. The monoisotopic (exact) mass is 560 g/mol. The molecule has 3 N–H and O–H groups in total. The molecule has 1 heterocycles. The van der Waals surface area contributed by atoms with E-state index in [4.69, 9.17) is 4.74 Å². The van der Waals surface area contributed by atoms with Crippen LogP contribution in [0.25, 0.3) is 11.0 Å². The third kappa shape index (κ3) is 6.76. The van der Waals surface area contributed by atoms with E-state index in [1.54, 1.807) is 12.1 Å². The first kappa shape index (κ1) is 29.7.